The summed E-state index contributed by atoms with van der Waals surface area (Å²) >= 11 is 0. The van der Waals surface area contributed by atoms with Crippen molar-refractivity contribution in [2.75, 3.05) is 0 Å². The maximum atomic E-state index is 12.9. The minimum atomic E-state index is -0.340. The first kappa shape index (κ1) is 6.27. The highest BCUT2D eigenvalue weighted by Crippen LogP contribution is 2.07. The highest BCUT2D eigenvalue weighted by Gasteiger charge is 2.02. The summed E-state index contributed by atoms with van der Waals surface area (Å²) in [5, 5.41) is 7.21. The van der Waals surface area contributed by atoms with Gasteiger partial charge in [-0.2, -0.15) is 0 Å². The van der Waals surface area contributed by atoms with Crippen LogP contribution in [0.25, 0.3) is 5.65 Å². The van der Waals surface area contributed by atoms with Crippen LogP contribution in [0.15, 0.2) is 18.5 Å². The van der Waals surface area contributed by atoms with Gasteiger partial charge in [-0.1, -0.05) is 0 Å². The van der Waals surface area contributed by atoms with Crippen LogP contribution in [-0.4, -0.2) is 14.6 Å². The lowest BCUT2D eigenvalue weighted by atomic mass is 10.3. The third kappa shape index (κ3) is 0.790. The zero-order valence-corrected chi connectivity index (χ0v) is 5.95. The molecule has 0 N–H and O–H groups in total. The van der Waals surface area contributed by atoms with Crippen LogP contribution in [0, 0.1) is 12.7 Å². The summed E-state index contributed by atoms with van der Waals surface area (Å²) in [5.74, 6) is -0.340. The average molecular weight is 151 g/mol. The molecular weight excluding hydrogens is 145 g/mol. The van der Waals surface area contributed by atoms with E-state index in [1.807, 2.05) is 6.92 Å². The van der Waals surface area contributed by atoms with Gasteiger partial charge in [-0.05, 0) is 19.1 Å². The fraction of sp³-hybridized carbons (Fsp3) is 0.143. The van der Waals surface area contributed by atoms with Crippen molar-refractivity contribution < 1.29 is 4.39 Å². The molecule has 0 fully saturated rings. The normalized spacial score (nSPS) is 10.7. The number of aromatic nitrogens is 3. The fourth-order valence-electron chi connectivity index (χ4n) is 1.00. The summed E-state index contributed by atoms with van der Waals surface area (Å²) in [4.78, 5) is 0. The first-order valence-corrected chi connectivity index (χ1v) is 3.24. The minimum Gasteiger partial charge on any atom is -0.284 e. The average Bonchev–Trinajstić information content (AvgIpc) is 2.45. The lowest BCUT2D eigenvalue weighted by Crippen LogP contribution is -1.91. The van der Waals surface area contributed by atoms with Crippen molar-refractivity contribution in [3.8, 4) is 0 Å². The Morgan fingerprint density at radius 1 is 1.45 bits per heavy atom. The van der Waals surface area contributed by atoms with Crippen LogP contribution < -0.4 is 0 Å². The topological polar surface area (TPSA) is 30.2 Å². The molecule has 0 aliphatic heterocycles. The number of hydrogen-bond acceptors (Lipinski definition) is 2. The molecule has 11 heavy (non-hydrogen) atoms. The zero-order valence-electron chi connectivity index (χ0n) is 5.95. The van der Waals surface area contributed by atoms with Crippen LogP contribution >= 0.6 is 0 Å². The van der Waals surface area contributed by atoms with Crippen molar-refractivity contribution >= 4 is 5.65 Å². The van der Waals surface area contributed by atoms with E-state index < -0.39 is 0 Å². The largest absolute Gasteiger partial charge is 0.284 e. The monoisotopic (exact) mass is 151 g/mol. The molecule has 0 bridgehead atoms. The van der Waals surface area contributed by atoms with E-state index in [1.54, 1.807) is 10.5 Å². The van der Waals surface area contributed by atoms with Gasteiger partial charge in [-0.25, -0.2) is 4.39 Å². The van der Waals surface area contributed by atoms with Gasteiger partial charge in [-0.3, -0.25) is 4.40 Å². The molecule has 0 radical (unpaired) electrons. The first-order chi connectivity index (χ1) is 5.29. The van der Waals surface area contributed by atoms with Gasteiger partial charge < -0.3 is 0 Å². The molecule has 3 nitrogen and oxygen atoms in total. The van der Waals surface area contributed by atoms with Crippen LogP contribution in [0.2, 0.25) is 0 Å². The summed E-state index contributed by atoms with van der Waals surface area (Å²) in [6, 6.07) is 3.07. The summed E-state index contributed by atoms with van der Waals surface area (Å²) < 4.78 is 14.5. The molecule has 0 atom stereocenters. The predicted molar refractivity (Wildman–Crippen MR) is 37.7 cm³/mol. The van der Waals surface area contributed by atoms with Gasteiger partial charge in [-0.15, -0.1) is 10.2 Å². The minimum absolute atomic E-state index is 0.282. The van der Waals surface area contributed by atoms with Crippen LogP contribution in [0.5, 0.6) is 0 Å². The van der Waals surface area contributed by atoms with Crippen LogP contribution in [0.1, 0.15) is 5.69 Å². The Bertz CT molecular complexity index is 357. The first-order valence-electron chi connectivity index (χ1n) is 3.24. The molecule has 0 aliphatic rings. The molecule has 56 valence electrons. The lowest BCUT2D eigenvalue weighted by molar-refractivity contribution is 0.628. The molecule has 2 aromatic heterocycles. The number of aryl methyl sites for hydroxylation is 1. The standard InChI is InChI=1S/C7H6FN3/c1-5-2-3-6(8)7-10-9-4-11(5)7/h2-4H,1H3. The van der Waals surface area contributed by atoms with Crippen molar-refractivity contribution in [2.45, 2.75) is 6.92 Å². The Morgan fingerprint density at radius 2 is 2.27 bits per heavy atom. The Kier molecular flexibility index (Phi) is 1.15. The zero-order chi connectivity index (χ0) is 7.84. The van der Waals surface area contributed by atoms with Gasteiger partial charge in [0, 0.05) is 5.69 Å². The molecule has 0 amide bonds. The second-order valence-corrected chi connectivity index (χ2v) is 2.35. The Labute approximate surface area is 62.5 Å². The smallest absolute Gasteiger partial charge is 0.196 e. The van der Waals surface area contributed by atoms with Crippen LogP contribution in [0.4, 0.5) is 4.39 Å². The van der Waals surface area contributed by atoms with Gasteiger partial charge in [0.25, 0.3) is 0 Å². The molecule has 0 unspecified atom stereocenters. The molecule has 2 aromatic rings. The Morgan fingerprint density at radius 3 is 3.00 bits per heavy atom. The third-order valence-electron chi connectivity index (χ3n) is 1.61. The van der Waals surface area contributed by atoms with Crippen molar-refractivity contribution in [3.05, 3.63) is 30.0 Å². The number of nitrogens with zero attached hydrogens (tertiary/aromatic N) is 3. The van der Waals surface area contributed by atoms with Gasteiger partial charge >= 0.3 is 0 Å². The van der Waals surface area contributed by atoms with E-state index in [4.69, 9.17) is 0 Å². The molecule has 0 saturated heterocycles. The van der Waals surface area contributed by atoms with Gasteiger partial charge in [0.15, 0.2) is 11.5 Å². The van der Waals surface area contributed by atoms with E-state index in [0.717, 1.165) is 5.69 Å². The predicted octanol–water partition coefficient (Wildman–Crippen LogP) is 1.18. The highest BCUT2D eigenvalue weighted by atomic mass is 19.1. The number of halogens is 1. The third-order valence-corrected chi connectivity index (χ3v) is 1.61. The molecule has 0 aromatic carbocycles. The fourth-order valence-corrected chi connectivity index (χ4v) is 1.00. The second-order valence-electron chi connectivity index (χ2n) is 2.35. The van der Waals surface area contributed by atoms with Gasteiger partial charge in [0.2, 0.25) is 0 Å². The van der Waals surface area contributed by atoms with E-state index in [2.05, 4.69) is 10.2 Å². The molecule has 4 heteroatoms. The van der Waals surface area contributed by atoms with Gasteiger partial charge in [0.05, 0.1) is 0 Å². The van der Waals surface area contributed by atoms with Crippen LogP contribution in [-0.2, 0) is 0 Å². The second kappa shape index (κ2) is 2.02. The maximum Gasteiger partial charge on any atom is 0.196 e. The van der Waals surface area contributed by atoms with Crippen molar-refractivity contribution in [1.29, 1.82) is 0 Å². The molecular formula is C7H6FN3. The number of hydrogen-bond donors (Lipinski definition) is 0. The Balaban J connectivity index is 2.96. The van der Waals surface area contributed by atoms with Crippen molar-refractivity contribution in [1.82, 2.24) is 14.6 Å². The Hall–Kier alpha value is -1.45. The summed E-state index contributed by atoms with van der Waals surface area (Å²) in [6.07, 6.45) is 1.49. The molecule has 0 spiro atoms. The van der Waals surface area contributed by atoms with Crippen molar-refractivity contribution in [3.63, 3.8) is 0 Å². The molecule has 0 saturated carbocycles. The van der Waals surface area contributed by atoms with Crippen molar-refractivity contribution in [2.24, 2.45) is 0 Å². The molecule has 2 heterocycles. The quantitative estimate of drug-likeness (QED) is 0.565. The number of fused-ring (bicyclic) bond motifs is 1. The summed E-state index contributed by atoms with van der Waals surface area (Å²) in [7, 11) is 0. The van der Waals surface area contributed by atoms with Crippen LogP contribution in [0.3, 0.4) is 0 Å². The highest BCUT2D eigenvalue weighted by molar-refractivity contribution is 5.39. The lowest BCUT2D eigenvalue weighted by Gasteiger charge is -1.96. The summed E-state index contributed by atoms with van der Waals surface area (Å²) in [5.41, 5.74) is 1.21. The van der Waals surface area contributed by atoms with Gasteiger partial charge in [0.1, 0.15) is 6.33 Å². The summed E-state index contributed by atoms with van der Waals surface area (Å²) in [6.45, 7) is 1.87. The van der Waals surface area contributed by atoms with E-state index in [-0.39, 0.29) is 11.5 Å². The van der Waals surface area contributed by atoms with E-state index >= 15 is 0 Å². The SMILES string of the molecule is Cc1ccc(F)c2nncn12. The molecule has 2 rings (SSSR count). The van der Waals surface area contributed by atoms with E-state index in [1.165, 1.54) is 12.4 Å². The molecule has 0 aliphatic carbocycles. The maximum absolute atomic E-state index is 12.9. The number of pyridine rings is 1. The van der Waals surface area contributed by atoms with E-state index in [9.17, 15) is 4.39 Å². The number of rotatable bonds is 0. The van der Waals surface area contributed by atoms with E-state index in [0.29, 0.717) is 0 Å².